The third kappa shape index (κ3) is 2.49. The average molecular weight is 207 g/mol. The number of rotatable bonds is 3. The van der Waals surface area contributed by atoms with Crippen molar-refractivity contribution in [2.24, 2.45) is 5.73 Å². The maximum atomic E-state index is 10.8. The van der Waals surface area contributed by atoms with Crippen LogP contribution in [-0.4, -0.2) is 27.2 Å². The Balaban J connectivity index is 3.01. The van der Waals surface area contributed by atoms with E-state index in [2.05, 4.69) is 4.98 Å². The van der Waals surface area contributed by atoms with Crippen molar-refractivity contribution in [3.8, 4) is 6.07 Å². The van der Waals surface area contributed by atoms with Gasteiger partial charge in [-0.3, -0.25) is 9.78 Å². The Kier molecular flexibility index (Phi) is 3.33. The first-order valence-corrected chi connectivity index (χ1v) is 4.06. The third-order valence-corrected chi connectivity index (χ3v) is 1.82. The molecular formula is C9H9N3O3. The molecule has 1 aromatic rings. The molecule has 0 radical (unpaired) electrons. The molecule has 0 aliphatic heterocycles. The summed E-state index contributed by atoms with van der Waals surface area (Å²) in [5.41, 5.74) is 5.28. The number of nitrogens with two attached hydrogens (primary N) is 1. The topological polar surface area (TPSA) is 120 Å². The molecule has 0 aliphatic carbocycles. The Morgan fingerprint density at radius 2 is 2.20 bits per heavy atom. The van der Waals surface area contributed by atoms with E-state index in [9.17, 15) is 9.90 Å². The molecule has 15 heavy (non-hydrogen) atoms. The summed E-state index contributed by atoms with van der Waals surface area (Å²) in [5.74, 6) is -0.692. The van der Waals surface area contributed by atoms with Crippen molar-refractivity contribution in [3.63, 3.8) is 0 Å². The minimum Gasteiger partial charge on any atom is -0.384 e. The zero-order chi connectivity index (χ0) is 11.4. The molecule has 0 saturated carbocycles. The molecule has 6 heteroatoms. The Bertz CT molecular complexity index is 413. The summed E-state index contributed by atoms with van der Waals surface area (Å²) in [6, 6.07) is 2.75. The van der Waals surface area contributed by atoms with Crippen molar-refractivity contribution < 1.29 is 15.0 Å². The smallest absolute Gasteiger partial charge is 0.250 e. The first-order chi connectivity index (χ1) is 7.06. The number of aliphatic hydroxyl groups excluding tert-OH is 2. The van der Waals surface area contributed by atoms with E-state index in [1.54, 1.807) is 0 Å². The Labute approximate surface area is 85.6 Å². The van der Waals surface area contributed by atoms with Gasteiger partial charge in [0, 0.05) is 18.0 Å². The molecule has 1 aromatic heterocycles. The van der Waals surface area contributed by atoms with E-state index in [4.69, 9.17) is 16.1 Å². The van der Waals surface area contributed by atoms with Crippen LogP contribution in [0.1, 0.15) is 22.0 Å². The lowest BCUT2D eigenvalue weighted by Crippen LogP contribution is -2.18. The van der Waals surface area contributed by atoms with Crippen molar-refractivity contribution >= 4 is 5.91 Å². The lowest BCUT2D eigenvalue weighted by Gasteiger charge is -2.11. The van der Waals surface area contributed by atoms with E-state index in [1.807, 2.05) is 0 Å². The summed E-state index contributed by atoms with van der Waals surface area (Å²) < 4.78 is 0. The van der Waals surface area contributed by atoms with Crippen LogP contribution in [0.25, 0.3) is 0 Å². The van der Waals surface area contributed by atoms with Gasteiger partial charge in [0.1, 0.15) is 6.10 Å². The van der Waals surface area contributed by atoms with Gasteiger partial charge in [-0.25, -0.2) is 0 Å². The van der Waals surface area contributed by atoms with Crippen LogP contribution in [0.3, 0.4) is 0 Å². The van der Waals surface area contributed by atoms with Gasteiger partial charge in [0.15, 0.2) is 6.10 Å². The predicted molar refractivity (Wildman–Crippen MR) is 49.3 cm³/mol. The van der Waals surface area contributed by atoms with Gasteiger partial charge in [-0.1, -0.05) is 0 Å². The van der Waals surface area contributed by atoms with Crippen LogP contribution in [0.5, 0.6) is 0 Å². The highest BCUT2D eigenvalue weighted by Crippen LogP contribution is 2.16. The molecule has 4 N–H and O–H groups in total. The number of amides is 1. The third-order valence-electron chi connectivity index (χ3n) is 1.82. The molecule has 0 saturated heterocycles. The monoisotopic (exact) mass is 207 g/mol. The number of primary amides is 1. The average Bonchev–Trinajstić information content (AvgIpc) is 2.27. The summed E-state index contributed by atoms with van der Waals surface area (Å²) in [6.07, 6.45) is -0.480. The SMILES string of the molecule is N#CC(O)C(O)c1cncc(C(N)=O)c1. The molecule has 2 unspecified atom stereocenters. The van der Waals surface area contributed by atoms with Gasteiger partial charge in [0.05, 0.1) is 11.6 Å². The maximum Gasteiger partial charge on any atom is 0.250 e. The van der Waals surface area contributed by atoms with Crippen molar-refractivity contribution in [2.45, 2.75) is 12.2 Å². The number of nitriles is 1. The molecule has 0 fully saturated rings. The maximum absolute atomic E-state index is 10.8. The Morgan fingerprint density at radius 1 is 1.53 bits per heavy atom. The molecule has 0 aromatic carbocycles. The van der Waals surface area contributed by atoms with Gasteiger partial charge in [0.25, 0.3) is 0 Å². The highest BCUT2D eigenvalue weighted by Gasteiger charge is 2.18. The second kappa shape index (κ2) is 4.50. The molecule has 1 amide bonds. The van der Waals surface area contributed by atoms with Crippen LogP contribution in [0.15, 0.2) is 18.5 Å². The van der Waals surface area contributed by atoms with E-state index in [1.165, 1.54) is 24.5 Å². The fourth-order valence-corrected chi connectivity index (χ4v) is 1.01. The van der Waals surface area contributed by atoms with Crippen LogP contribution in [-0.2, 0) is 0 Å². The molecule has 78 valence electrons. The molecule has 6 nitrogen and oxygen atoms in total. The molecule has 0 bridgehead atoms. The number of aromatic nitrogens is 1. The molecule has 1 heterocycles. The van der Waals surface area contributed by atoms with Gasteiger partial charge in [-0.2, -0.15) is 5.26 Å². The van der Waals surface area contributed by atoms with Crippen LogP contribution >= 0.6 is 0 Å². The predicted octanol–water partition coefficient (Wildman–Crippen LogP) is -0.902. The fraction of sp³-hybridized carbons (Fsp3) is 0.222. The zero-order valence-electron chi connectivity index (χ0n) is 7.66. The highest BCUT2D eigenvalue weighted by atomic mass is 16.3. The van der Waals surface area contributed by atoms with E-state index in [0.717, 1.165) is 0 Å². The largest absolute Gasteiger partial charge is 0.384 e. The quantitative estimate of drug-likeness (QED) is 0.554. The van der Waals surface area contributed by atoms with Gasteiger partial charge in [-0.05, 0) is 6.07 Å². The number of carbonyl (C=O) groups is 1. The van der Waals surface area contributed by atoms with Crippen LogP contribution in [0, 0.1) is 11.3 Å². The molecule has 1 rings (SSSR count). The first-order valence-electron chi connectivity index (χ1n) is 4.06. The van der Waals surface area contributed by atoms with E-state index < -0.39 is 18.1 Å². The van der Waals surface area contributed by atoms with E-state index in [0.29, 0.717) is 0 Å². The summed E-state index contributed by atoms with van der Waals surface area (Å²) in [7, 11) is 0. The molecular weight excluding hydrogens is 198 g/mol. The number of pyridine rings is 1. The van der Waals surface area contributed by atoms with Crippen molar-refractivity contribution in [3.05, 3.63) is 29.6 Å². The van der Waals surface area contributed by atoms with E-state index >= 15 is 0 Å². The lowest BCUT2D eigenvalue weighted by atomic mass is 10.1. The van der Waals surface area contributed by atoms with E-state index in [-0.39, 0.29) is 11.1 Å². The van der Waals surface area contributed by atoms with Gasteiger partial charge in [0.2, 0.25) is 5.91 Å². The van der Waals surface area contributed by atoms with Crippen molar-refractivity contribution in [2.75, 3.05) is 0 Å². The lowest BCUT2D eigenvalue weighted by molar-refractivity contribution is 0.0525. The van der Waals surface area contributed by atoms with Crippen LogP contribution < -0.4 is 5.73 Å². The Hall–Kier alpha value is -1.97. The second-order valence-electron chi connectivity index (χ2n) is 2.89. The highest BCUT2D eigenvalue weighted by molar-refractivity contribution is 5.92. The minimum absolute atomic E-state index is 0.108. The molecule has 2 atom stereocenters. The van der Waals surface area contributed by atoms with Gasteiger partial charge < -0.3 is 15.9 Å². The minimum atomic E-state index is -1.56. The second-order valence-corrected chi connectivity index (χ2v) is 2.89. The van der Waals surface area contributed by atoms with Gasteiger partial charge >= 0.3 is 0 Å². The number of hydrogen-bond acceptors (Lipinski definition) is 5. The molecule has 0 aliphatic rings. The Morgan fingerprint density at radius 3 is 2.73 bits per heavy atom. The van der Waals surface area contributed by atoms with Crippen molar-refractivity contribution in [1.82, 2.24) is 4.98 Å². The zero-order valence-corrected chi connectivity index (χ0v) is 7.66. The summed E-state index contributed by atoms with van der Waals surface area (Å²) in [6.45, 7) is 0. The van der Waals surface area contributed by atoms with Crippen molar-refractivity contribution in [1.29, 1.82) is 5.26 Å². The number of carbonyl (C=O) groups excluding carboxylic acids is 1. The van der Waals surface area contributed by atoms with Crippen LogP contribution in [0.4, 0.5) is 0 Å². The molecule has 0 spiro atoms. The van der Waals surface area contributed by atoms with Gasteiger partial charge in [-0.15, -0.1) is 0 Å². The normalized spacial score (nSPS) is 13.9. The fourth-order valence-electron chi connectivity index (χ4n) is 1.01. The summed E-state index contributed by atoms with van der Waals surface area (Å²) in [4.78, 5) is 14.5. The summed E-state index contributed by atoms with van der Waals surface area (Å²) in [5, 5.41) is 26.9. The summed E-state index contributed by atoms with van der Waals surface area (Å²) >= 11 is 0. The number of aliphatic hydroxyl groups is 2. The van der Waals surface area contributed by atoms with Crippen LogP contribution in [0.2, 0.25) is 0 Å². The number of nitrogens with zero attached hydrogens (tertiary/aromatic N) is 2. The standard InChI is InChI=1S/C9H9N3O3/c10-2-7(13)8(14)5-1-6(9(11)15)4-12-3-5/h1,3-4,7-8,13-14H,(H2,11,15). The first kappa shape index (κ1) is 11.1. The number of hydrogen-bond donors (Lipinski definition) is 3.